The number of ether oxygens (including phenoxy) is 1. The Bertz CT molecular complexity index is 768. The minimum Gasteiger partial charge on any atom is -0.488 e. The predicted octanol–water partition coefficient (Wildman–Crippen LogP) is 4.76. The molecule has 1 aliphatic rings. The summed E-state index contributed by atoms with van der Waals surface area (Å²) in [4.78, 5) is 11.9. The summed E-state index contributed by atoms with van der Waals surface area (Å²) in [6, 6.07) is 12.5. The van der Waals surface area contributed by atoms with Crippen molar-refractivity contribution in [2.45, 2.75) is 45.1 Å². The molecule has 1 amide bonds. The van der Waals surface area contributed by atoms with E-state index in [1.807, 2.05) is 12.1 Å². The molecule has 0 spiro atoms. The highest BCUT2D eigenvalue weighted by molar-refractivity contribution is 9.10. The number of nitrogens with one attached hydrogen (secondary N) is 1. The Labute approximate surface area is 157 Å². The van der Waals surface area contributed by atoms with Crippen LogP contribution in [0, 0.1) is 0 Å². The number of carbonyl (C=O) groups excluding carboxylic acids is 1. The number of halogens is 1. The molecule has 0 aromatic heterocycles. The lowest BCUT2D eigenvalue weighted by Gasteiger charge is -2.16. The van der Waals surface area contributed by atoms with Crippen molar-refractivity contribution in [1.82, 2.24) is 5.32 Å². The summed E-state index contributed by atoms with van der Waals surface area (Å²) < 4.78 is 7.09. The first-order valence-corrected chi connectivity index (χ1v) is 9.64. The number of amides is 1. The van der Waals surface area contributed by atoms with Crippen LogP contribution in [0.25, 0.3) is 0 Å². The molecule has 2 aromatic carbocycles. The Morgan fingerprint density at radius 3 is 2.72 bits per heavy atom. The summed E-state index contributed by atoms with van der Waals surface area (Å²) in [6.07, 6.45) is 3.85. The molecule has 3 rings (SSSR count). The van der Waals surface area contributed by atoms with Gasteiger partial charge in [0.25, 0.3) is 0 Å². The van der Waals surface area contributed by atoms with Gasteiger partial charge in [0, 0.05) is 7.05 Å². The third-order valence-electron chi connectivity index (χ3n) is 4.73. The molecule has 132 valence electrons. The van der Waals surface area contributed by atoms with E-state index in [2.05, 4.69) is 52.4 Å². The smallest absolute Gasteiger partial charge is 0.224 e. The topological polar surface area (TPSA) is 38.3 Å². The fraction of sp³-hybridized carbons (Fsp3) is 0.381. The maximum absolute atomic E-state index is 11.9. The van der Waals surface area contributed by atoms with Gasteiger partial charge in [0.2, 0.25) is 5.91 Å². The van der Waals surface area contributed by atoms with E-state index < -0.39 is 0 Å². The summed E-state index contributed by atoms with van der Waals surface area (Å²) in [5.41, 5.74) is 4.84. The molecule has 3 nitrogen and oxygen atoms in total. The fourth-order valence-corrected chi connectivity index (χ4v) is 3.61. The second kappa shape index (κ2) is 8.05. The van der Waals surface area contributed by atoms with E-state index in [0.717, 1.165) is 22.2 Å². The molecule has 1 fully saturated rings. The van der Waals surface area contributed by atoms with Crippen LogP contribution in [-0.2, 0) is 24.2 Å². The Morgan fingerprint density at radius 1 is 1.28 bits per heavy atom. The van der Waals surface area contributed by atoms with Gasteiger partial charge in [-0.15, -0.1) is 0 Å². The molecule has 1 saturated carbocycles. The first-order valence-electron chi connectivity index (χ1n) is 8.84. The highest BCUT2D eigenvalue weighted by atomic mass is 79.9. The number of aryl methyl sites for hydroxylation is 1. The lowest BCUT2D eigenvalue weighted by atomic mass is 9.96. The summed E-state index contributed by atoms with van der Waals surface area (Å²) in [7, 11) is 1.68. The van der Waals surface area contributed by atoms with Crippen molar-refractivity contribution in [2.24, 2.45) is 0 Å². The molecular weight excluding hydrogens is 378 g/mol. The van der Waals surface area contributed by atoms with Gasteiger partial charge >= 0.3 is 0 Å². The van der Waals surface area contributed by atoms with E-state index in [1.165, 1.54) is 29.5 Å². The second-order valence-corrected chi connectivity index (χ2v) is 7.37. The van der Waals surface area contributed by atoms with Crippen LogP contribution >= 0.6 is 15.9 Å². The molecule has 0 unspecified atom stereocenters. The summed E-state index contributed by atoms with van der Waals surface area (Å²) in [5, 5.41) is 2.71. The van der Waals surface area contributed by atoms with E-state index in [9.17, 15) is 4.79 Å². The monoisotopic (exact) mass is 401 g/mol. The molecule has 25 heavy (non-hydrogen) atoms. The predicted molar refractivity (Wildman–Crippen MR) is 104 cm³/mol. The van der Waals surface area contributed by atoms with Gasteiger partial charge in [-0.3, -0.25) is 4.79 Å². The summed E-state index contributed by atoms with van der Waals surface area (Å²) in [6.45, 7) is 2.63. The highest BCUT2D eigenvalue weighted by Gasteiger charge is 2.27. The van der Waals surface area contributed by atoms with Crippen molar-refractivity contribution in [1.29, 1.82) is 0 Å². The van der Waals surface area contributed by atoms with Crippen LogP contribution in [0.5, 0.6) is 5.75 Å². The lowest BCUT2D eigenvalue weighted by Crippen LogP contribution is -2.21. The maximum atomic E-state index is 11.9. The molecule has 1 N–H and O–H groups in total. The third-order valence-corrected chi connectivity index (χ3v) is 5.35. The standard InChI is InChI=1S/C21H24BrNO2/c1-3-14-7-10-20(19(22)11-14)25-13-18-16(12-21(24)23-2)5-4-6-17(18)15-8-9-15/h4-7,10-11,15H,3,8-9,12-13H2,1-2H3,(H,23,24). The first-order chi connectivity index (χ1) is 12.1. The Morgan fingerprint density at radius 2 is 2.08 bits per heavy atom. The van der Waals surface area contributed by atoms with Gasteiger partial charge < -0.3 is 10.1 Å². The van der Waals surface area contributed by atoms with Gasteiger partial charge in [-0.2, -0.15) is 0 Å². The molecular formula is C21H24BrNO2. The minimum atomic E-state index is 0.0303. The zero-order valence-electron chi connectivity index (χ0n) is 14.8. The van der Waals surface area contributed by atoms with E-state index in [-0.39, 0.29) is 5.91 Å². The van der Waals surface area contributed by atoms with Crippen LogP contribution in [0.15, 0.2) is 40.9 Å². The molecule has 4 heteroatoms. The van der Waals surface area contributed by atoms with Gasteiger partial charge in [0.1, 0.15) is 12.4 Å². The van der Waals surface area contributed by atoms with E-state index in [1.54, 1.807) is 7.05 Å². The molecule has 2 aromatic rings. The largest absolute Gasteiger partial charge is 0.488 e. The Hall–Kier alpha value is -1.81. The number of hydrogen-bond acceptors (Lipinski definition) is 2. The van der Waals surface area contributed by atoms with Crippen LogP contribution in [0.3, 0.4) is 0 Å². The quantitative estimate of drug-likeness (QED) is 0.726. The van der Waals surface area contributed by atoms with Crippen LogP contribution < -0.4 is 10.1 Å². The van der Waals surface area contributed by atoms with E-state index >= 15 is 0 Å². The van der Waals surface area contributed by atoms with Crippen LogP contribution in [0.4, 0.5) is 0 Å². The number of benzene rings is 2. The van der Waals surface area contributed by atoms with Crippen molar-refractivity contribution in [2.75, 3.05) is 7.05 Å². The highest BCUT2D eigenvalue weighted by Crippen LogP contribution is 2.42. The number of hydrogen-bond donors (Lipinski definition) is 1. The van der Waals surface area contributed by atoms with Crippen LogP contribution in [0.1, 0.15) is 47.9 Å². The molecule has 0 heterocycles. The van der Waals surface area contributed by atoms with Gasteiger partial charge in [0.15, 0.2) is 0 Å². The van der Waals surface area contributed by atoms with Gasteiger partial charge in [-0.25, -0.2) is 0 Å². The number of carbonyl (C=O) groups is 1. The van der Waals surface area contributed by atoms with Gasteiger partial charge in [-0.1, -0.05) is 31.2 Å². The summed E-state index contributed by atoms with van der Waals surface area (Å²) in [5.74, 6) is 1.49. The van der Waals surface area contributed by atoms with Crippen LogP contribution in [0.2, 0.25) is 0 Å². The third kappa shape index (κ3) is 4.43. The molecule has 0 aliphatic heterocycles. The molecule has 0 saturated heterocycles. The number of rotatable bonds is 7. The average molecular weight is 402 g/mol. The normalized spacial score (nSPS) is 13.6. The minimum absolute atomic E-state index is 0.0303. The van der Waals surface area contributed by atoms with E-state index in [0.29, 0.717) is 18.9 Å². The van der Waals surface area contributed by atoms with Gasteiger partial charge in [-0.05, 0) is 75.5 Å². The second-order valence-electron chi connectivity index (χ2n) is 6.52. The zero-order chi connectivity index (χ0) is 17.8. The lowest BCUT2D eigenvalue weighted by molar-refractivity contribution is -0.119. The molecule has 0 bridgehead atoms. The van der Waals surface area contributed by atoms with Crippen molar-refractivity contribution in [3.63, 3.8) is 0 Å². The Balaban J connectivity index is 1.84. The van der Waals surface area contributed by atoms with Gasteiger partial charge in [0.05, 0.1) is 10.9 Å². The molecule has 1 aliphatic carbocycles. The average Bonchev–Trinajstić information content (AvgIpc) is 3.46. The van der Waals surface area contributed by atoms with Crippen molar-refractivity contribution in [3.05, 3.63) is 63.1 Å². The number of likely N-dealkylation sites (N-methyl/N-ethyl adjacent to an activating group) is 1. The maximum Gasteiger partial charge on any atom is 0.224 e. The van der Waals surface area contributed by atoms with E-state index in [4.69, 9.17) is 4.74 Å². The van der Waals surface area contributed by atoms with Crippen molar-refractivity contribution >= 4 is 21.8 Å². The fourth-order valence-electron chi connectivity index (χ4n) is 3.07. The summed E-state index contributed by atoms with van der Waals surface area (Å²) >= 11 is 3.60. The molecule has 0 atom stereocenters. The SMILES string of the molecule is CCc1ccc(OCc2c(CC(=O)NC)cccc2C2CC2)c(Br)c1. The molecule has 0 radical (unpaired) electrons. The zero-order valence-corrected chi connectivity index (χ0v) is 16.4. The van der Waals surface area contributed by atoms with Crippen molar-refractivity contribution < 1.29 is 9.53 Å². The van der Waals surface area contributed by atoms with Crippen molar-refractivity contribution in [3.8, 4) is 5.75 Å². The first kappa shape index (κ1) is 18.0. The van der Waals surface area contributed by atoms with Crippen LogP contribution in [-0.4, -0.2) is 13.0 Å². The Kier molecular flexibility index (Phi) is 5.79.